The fraction of sp³-hybridized carbons (Fsp3) is 0.212. The lowest BCUT2D eigenvalue weighted by Gasteiger charge is -2.33. The molecule has 0 aliphatic carbocycles. The summed E-state index contributed by atoms with van der Waals surface area (Å²) in [5, 5.41) is 2.69. The number of amides is 2. The topological polar surface area (TPSA) is 96.0 Å². The molecule has 224 valence electrons. The molecular formula is C33H34BrN3O5S. The summed E-state index contributed by atoms with van der Waals surface area (Å²) in [6, 6.07) is 28.9. The van der Waals surface area contributed by atoms with Crippen LogP contribution in [0.15, 0.2) is 112 Å². The molecule has 0 aliphatic heterocycles. The van der Waals surface area contributed by atoms with Crippen molar-refractivity contribution >= 4 is 43.5 Å². The maximum Gasteiger partial charge on any atom is 0.264 e. The van der Waals surface area contributed by atoms with Crippen LogP contribution in [0.5, 0.6) is 5.75 Å². The van der Waals surface area contributed by atoms with Gasteiger partial charge in [0, 0.05) is 24.5 Å². The van der Waals surface area contributed by atoms with E-state index in [1.54, 1.807) is 36.4 Å². The minimum Gasteiger partial charge on any atom is -0.497 e. The van der Waals surface area contributed by atoms with Gasteiger partial charge in [-0.2, -0.15) is 0 Å². The molecule has 0 spiro atoms. The predicted octanol–water partition coefficient (Wildman–Crippen LogP) is 5.35. The highest BCUT2D eigenvalue weighted by atomic mass is 79.9. The molecule has 1 N–H and O–H groups in total. The lowest BCUT2D eigenvalue weighted by Crippen LogP contribution is -2.53. The summed E-state index contributed by atoms with van der Waals surface area (Å²) in [7, 11) is -1.17. The van der Waals surface area contributed by atoms with E-state index in [0.717, 1.165) is 25.5 Å². The first-order valence-electron chi connectivity index (χ1n) is 13.6. The van der Waals surface area contributed by atoms with Gasteiger partial charge in [-0.15, -0.1) is 0 Å². The second kappa shape index (κ2) is 14.3. The second-order valence-corrected chi connectivity index (χ2v) is 12.8. The van der Waals surface area contributed by atoms with Crippen LogP contribution in [0.2, 0.25) is 0 Å². The average molecular weight is 665 g/mol. The number of nitrogens with zero attached hydrogens (tertiary/aromatic N) is 2. The van der Waals surface area contributed by atoms with Gasteiger partial charge in [0.2, 0.25) is 11.8 Å². The van der Waals surface area contributed by atoms with E-state index >= 15 is 0 Å². The van der Waals surface area contributed by atoms with Crippen molar-refractivity contribution in [3.63, 3.8) is 0 Å². The largest absolute Gasteiger partial charge is 0.497 e. The predicted molar refractivity (Wildman–Crippen MR) is 171 cm³/mol. The SMILES string of the molecule is CNC(=O)C(Cc1ccccc1)N(Cc1cccc(Br)c1)C(=O)CN(c1ccc(C)cc1)S(=O)(=O)c1ccc(OC)cc1. The summed E-state index contributed by atoms with van der Waals surface area (Å²) >= 11 is 3.48. The van der Waals surface area contributed by atoms with E-state index in [1.807, 2.05) is 61.5 Å². The molecule has 0 heterocycles. The normalized spacial score (nSPS) is 11.8. The van der Waals surface area contributed by atoms with Gasteiger partial charge in [0.1, 0.15) is 18.3 Å². The maximum atomic E-state index is 14.3. The third-order valence-corrected chi connectivity index (χ3v) is 9.29. The monoisotopic (exact) mass is 663 g/mol. The zero-order chi connectivity index (χ0) is 31.0. The minimum atomic E-state index is -4.19. The summed E-state index contributed by atoms with van der Waals surface area (Å²) in [4.78, 5) is 29.1. The molecule has 0 saturated carbocycles. The van der Waals surface area contributed by atoms with Crippen LogP contribution < -0.4 is 14.4 Å². The summed E-state index contributed by atoms with van der Waals surface area (Å²) in [6.07, 6.45) is 0.246. The highest BCUT2D eigenvalue weighted by molar-refractivity contribution is 9.10. The minimum absolute atomic E-state index is 0.00681. The van der Waals surface area contributed by atoms with Gasteiger partial charge in [-0.05, 0) is 66.6 Å². The second-order valence-electron chi connectivity index (χ2n) is 9.99. The molecule has 0 saturated heterocycles. The number of carbonyl (C=O) groups excluding carboxylic acids is 2. The van der Waals surface area contributed by atoms with Crippen LogP contribution in [0, 0.1) is 6.92 Å². The lowest BCUT2D eigenvalue weighted by molar-refractivity contribution is -0.139. The summed E-state index contributed by atoms with van der Waals surface area (Å²) < 4.78 is 35.2. The van der Waals surface area contributed by atoms with Crippen LogP contribution in [0.1, 0.15) is 16.7 Å². The molecule has 4 aromatic carbocycles. The van der Waals surface area contributed by atoms with Crippen molar-refractivity contribution in [1.82, 2.24) is 10.2 Å². The van der Waals surface area contributed by atoms with Crippen molar-refractivity contribution in [1.29, 1.82) is 0 Å². The molecule has 10 heteroatoms. The van der Waals surface area contributed by atoms with Crippen molar-refractivity contribution in [2.24, 2.45) is 0 Å². The Morgan fingerprint density at radius 2 is 1.53 bits per heavy atom. The third kappa shape index (κ3) is 8.03. The third-order valence-electron chi connectivity index (χ3n) is 7.01. The van der Waals surface area contributed by atoms with Crippen molar-refractivity contribution < 1.29 is 22.7 Å². The molecular weight excluding hydrogens is 630 g/mol. The van der Waals surface area contributed by atoms with E-state index in [4.69, 9.17) is 4.74 Å². The van der Waals surface area contributed by atoms with E-state index < -0.39 is 28.5 Å². The van der Waals surface area contributed by atoms with E-state index in [0.29, 0.717) is 11.4 Å². The zero-order valence-corrected chi connectivity index (χ0v) is 26.6. The van der Waals surface area contributed by atoms with Crippen LogP contribution in [-0.2, 0) is 32.6 Å². The van der Waals surface area contributed by atoms with E-state index in [1.165, 1.54) is 31.2 Å². The van der Waals surface area contributed by atoms with Crippen molar-refractivity contribution in [3.8, 4) is 5.75 Å². The fourth-order valence-corrected chi connectivity index (χ4v) is 6.53. The number of nitrogens with one attached hydrogen (secondary N) is 1. The van der Waals surface area contributed by atoms with Gasteiger partial charge >= 0.3 is 0 Å². The lowest BCUT2D eigenvalue weighted by atomic mass is 10.0. The van der Waals surface area contributed by atoms with Gasteiger partial charge in [-0.25, -0.2) is 8.42 Å². The van der Waals surface area contributed by atoms with Gasteiger partial charge in [0.25, 0.3) is 10.0 Å². The first-order chi connectivity index (χ1) is 20.6. The number of likely N-dealkylation sites (N-methyl/N-ethyl adjacent to an activating group) is 1. The Hall–Kier alpha value is -4.15. The molecule has 0 radical (unpaired) electrons. The molecule has 0 aliphatic rings. The van der Waals surface area contributed by atoms with Crippen LogP contribution in [-0.4, -0.2) is 51.9 Å². The first kappa shape index (κ1) is 31.8. The molecule has 1 unspecified atom stereocenters. The number of rotatable bonds is 12. The number of sulfonamides is 1. The van der Waals surface area contributed by atoms with Crippen LogP contribution in [0.25, 0.3) is 0 Å². The molecule has 0 bridgehead atoms. The molecule has 4 aromatic rings. The number of ether oxygens (including phenoxy) is 1. The summed E-state index contributed by atoms with van der Waals surface area (Å²) in [6.45, 7) is 1.47. The number of hydrogen-bond donors (Lipinski definition) is 1. The number of carbonyl (C=O) groups is 2. The van der Waals surface area contributed by atoms with Crippen LogP contribution in [0.4, 0.5) is 5.69 Å². The van der Waals surface area contributed by atoms with Gasteiger partial charge in [-0.1, -0.05) is 76.1 Å². The molecule has 2 amide bonds. The molecule has 4 rings (SSSR count). The number of halogens is 1. The van der Waals surface area contributed by atoms with Crippen molar-refractivity contribution in [2.75, 3.05) is 25.0 Å². The Balaban J connectivity index is 1.78. The number of hydrogen-bond acceptors (Lipinski definition) is 5. The molecule has 1 atom stereocenters. The van der Waals surface area contributed by atoms with Crippen LogP contribution >= 0.6 is 15.9 Å². The quantitative estimate of drug-likeness (QED) is 0.221. The zero-order valence-electron chi connectivity index (χ0n) is 24.2. The van der Waals surface area contributed by atoms with E-state index in [2.05, 4.69) is 21.2 Å². The molecule has 43 heavy (non-hydrogen) atoms. The molecule has 0 aromatic heterocycles. The fourth-order valence-electron chi connectivity index (χ4n) is 4.67. The van der Waals surface area contributed by atoms with Crippen molar-refractivity contribution in [3.05, 3.63) is 124 Å². The highest BCUT2D eigenvalue weighted by Gasteiger charge is 2.34. The Morgan fingerprint density at radius 3 is 2.14 bits per heavy atom. The van der Waals surface area contributed by atoms with Gasteiger partial charge in [0.15, 0.2) is 0 Å². The Labute approximate surface area is 261 Å². The number of methoxy groups -OCH3 is 1. The van der Waals surface area contributed by atoms with E-state index in [-0.39, 0.29) is 23.8 Å². The number of benzene rings is 4. The first-order valence-corrected chi connectivity index (χ1v) is 15.9. The number of aryl methyl sites for hydroxylation is 1. The summed E-state index contributed by atoms with van der Waals surface area (Å²) in [5.41, 5.74) is 2.92. The standard InChI is InChI=1S/C33H34BrN3O5S/c1-24-12-14-28(15-13-24)37(43(40,41)30-18-16-29(42-3)17-19-30)23-32(38)36(22-26-10-7-11-27(34)20-26)31(33(39)35-2)21-25-8-5-4-6-9-25/h4-20,31H,21-23H2,1-3H3,(H,35,39). The average Bonchev–Trinajstić information content (AvgIpc) is 3.02. The summed E-state index contributed by atoms with van der Waals surface area (Å²) in [5.74, 6) is -0.374. The van der Waals surface area contributed by atoms with Crippen molar-refractivity contribution in [2.45, 2.75) is 30.8 Å². The molecule has 0 fully saturated rings. The van der Waals surface area contributed by atoms with Crippen LogP contribution in [0.3, 0.4) is 0 Å². The highest BCUT2D eigenvalue weighted by Crippen LogP contribution is 2.27. The Morgan fingerprint density at radius 1 is 0.884 bits per heavy atom. The Kier molecular flexibility index (Phi) is 10.6. The number of anilines is 1. The van der Waals surface area contributed by atoms with Gasteiger partial charge in [0.05, 0.1) is 17.7 Å². The Bertz CT molecular complexity index is 1650. The van der Waals surface area contributed by atoms with Gasteiger partial charge in [-0.3, -0.25) is 13.9 Å². The molecule has 8 nitrogen and oxygen atoms in total. The smallest absolute Gasteiger partial charge is 0.264 e. The van der Waals surface area contributed by atoms with E-state index in [9.17, 15) is 18.0 Å². The van der Waals surface area contributed by atoms with Gasteiger partial charge < -0.3 is 15.0 Å². The maximum absolute atomic E-state index is 14.3.